The second kappa shape index (κ2) is 10.7. The molecule has 2 rings (SSSR count). The molecular formula is C18H29IN6O2S. The zero-order chi connectivity index (χ0) is 20.0. The zero-order valence-corrected chi connectivity index (χ0v) is 20.1. The van der Waals surface area contributed by atoms with Crippen LogP contribution in [0.5, 0.6) is 0 Å². The molecule has 2 N–H and O–H groups in total. The van der Waals surface area contributed by atoms with E-state index in [9.17, 15) is 8.42 Å². The number of rotatable bonds is 7. The van der Waals surface area contributed by atoms with Gasteiger partial charge in [0, 0.05) is 37.8 Å². The fourth-order valence-electron chi connectivity index (χ4n) is 2.58. The Labute approximate surface area is 184 Å². The van der Waals surface area contributed by atoms with Gasteiger partial charge in [-0.05, 0) is 44.9 Å². The number of aromatic nitrogens is 3. The van der Waals surface area contributed by atoms with Gasteiger partial charge in [-0.25, -0.2) is 18.1 Å². The first kappa shape index (κ1) is 24.3. The van der Waals surface area contributed by atoms with Crippen LogP contribution in [-0.4, -0.2) is 54.2 Å². The van der Waals surface area contributed by atoms with Crippen molar-refractivity contribution in [2.24, 2.45) is 4.99 Å². The molecule has 1 atom stereocenters. The summed E-state index contributed by atoms with van der Waals surface area (Å²) in [4.78, 5) is 8.66. The molecule has 28 heavy (non-hydrogen) atoms. The zero-order valence-electron chi connectivity index (χ0n) is 16.9. The third-order valence-corrected chi connectivity index (χ3v) is 5.00. The van der Waals surface area contributed by atoms with Crippen molar-refractivity contribution in [3.8, 4) is 5.82 Å². The minimum Gasteiger partial charge on any atom is -0.354 e. The van der Waals surface area contributed by atoms with Crippen LogP contribution in [-0.2, 0) is 16.4 Å². The Hall–Kier alpha value is -1.69. The second-order valence-electron chi connectivity index (χ2n) is 6.75. The van der Waals surface area contributed by atoms with Gasteiger partial charge in [0.05, 0.1) is 11.4 Å². The van der Waals surface area contributed by atoms with Gasteiger partial charge in [-0.3, -0.25) is 4.99 Å². The number of hydrogen-bond acceptors (Lipinski definition) is 5. The summed E-state index contributed by atoms with van der Waals surface area (Å²) in [6, 6.07) is 5.93. The number of halogens is 1. The molecular weight excluding hydrogens is 491 g/mol. The van der Waals surface area contributed by atoms with Crippen molar-refractivity contribution in [2.75, 3.05) is 19.1 Å². The third kappa shape index (κ3) is 7.74. The number of pyridine rings is 1. The van der Waals surface area contributed by atoms with Gasteiger partial charge in [-0.1, -0.05) is 6.07 Å². The SMILES string of the molecule is CN=C(NCc1ccc(-n2nc(C)cc2C)nc1)NC(C)CCS(C)(=O)=O.I. The molecule has 0 radical (unpaired) electrons. The monoisotopic (exact) mass is 520 g/mol. The molecule has 2 aromatic rings. The Morgan fingerprint density at radius 1 is 1.32 bits per heavy atom. The quantitative estimate of drug-likeness (QED) is 0.329. The number of aliphatic imine (C=N–C) groups is 1. The molecule has 2 heterocycles. The molecule has 0 aliphatic rings. The minimum atomic E-state index is -2.96. The highest BCUT2D eigenvalue weighted by Gasteiger charge is 2.10. The first-order valence-electron chi connectivity index (χ1n) is 8.81. The third-order valence-electron chi connectivity index (χ3n) is 4.02. The van der Waals surface area contributed by atoms with E-state index in [4.69, 9.17) is 0 Å². The number of nitrogens with zero attached hydrogens (tertiary/aromatic N) is 4. The van der Waals surface area contributed by atoms with E-state index >= 15 is 0 Å². The van der Waals surface area contributed by atoms with Crippen molar-refractivity contribution < 1.29 is 8.42 Å². The van der Waals surface area contributed by atoms with E-state index in [1.807, 2.05) is 43.7 Å². The molecule has 10 heteroatoms. The van der Waals surface area contributed by atoms with Crippen LogP contribution in [0.15, 0.2) is 29.4 Å². The molecule has 0 amide bonds. The highest BCUT2D eigenvalue weighted by Crippen LogP contribution is 2.10. The summed E-state index contributed by atoms with van der Waals surface area (Å²) < 4.78 is 24.4. The summed E-state index contributed by atoms with van der Waals surface area (Å²) in [6.07, 6.45) is 3.58. The molecule has 0 aliphatic carbocycles. The number of hydrogen-bond donors (Lipinski definition) is 2. The molecule has 0 saturated heterocycles. The van der Waals surface area contributed by atoms with Gasteiger partial charge in [-0.2, -0.15) is 5.10 Å². The summed E-state index contributed by atoms with van der Waals surface area (Å²) in [5.74, 6) is 1.55. The largest absolute Gasteiger partial charge is 0.354 e. The lowest BCUT2D eigenvalue weighted by Gasteiger charge is -2.17. The van der Waals surface area contributed by atoms with Crippen LogP contribution < -0.4 is 10.6 Å². The van der Waals surface area contributed by atoms with E-state index in [0.29, 0.717) is 18.9 Å². The lowest BCUT2D eigenvalue weighted by Crippen LogP contribution is -2.42. The predicted molar refractivity (Wildman–Crippen MR) is 123 cm³/mol. The van der Waals surface area contributed by atoms with Crippen LogP contribution in [0.25, 0.3) is 5.82 Å². The lowest BCUT2D eigenvalue weighted by atomic mass is 10.2. The molecule has 0 bridgehead atoms. The Balaban J connectivity index is 0.00000392. The number of guanidine groups is 1. The highest BCUT2D eigenvalue weighted by atomic mass is 127. The van der Waals surface area contributed by atoms with E-state index < -0.39 is 9.84 Å². The average Bonchev–Trinajstić information content (AvgIpc) is 2.95. The van der Waals surface area contributed by atoms with Gasteiger partial charge in [0.15, 0.2) is 11.8 Å². The van der Waals surface area contributed by atoms with Crippen molar-refractivity contribution >= 4 is 39.8 Å². The van der Waals surface area contributed by atoms with E-state index in [1.54, 1.807) is 13.2 Å². The number of aryl methyl sites for hydroxylation is 2. The van der Waals surface area contributed by atoms with Crippen LogP contribution in [0, 0.1) is 13.8 Å². The molecule has 1 unspecified atom stereocenters. The summed E-state index contributed by atoms with van der Waals surface area (Å²) in [7, 11) is -1.28. The molecule has 0 aliphatic heterocycles. The Bertz CT molecular complexity index is 893. The summed E-state index contributed by atoms with van der Waals surface area (Å²) in [5, 5.41) is 10.8. The van der Waals surface area contributed by atoms with Gasteiger partial charge in [0.25, 0.3) is 0 Å². The minimum absolute atomic E-state index is 0. The van der Waals surface area contributed by atoms with E-state index in [0.717, 1.165) is 22.8 Å². The van der Waals surface area contributed by atoms with Crippen molar-refractivity contribution in [2.45, 2.75) is 39.8 Å². The van der Waals surface area contributed by atoms with E-state index in [1.165, 1.54) is 6.26 Å². The van der Waals surface area contributed by atoms with Gasteiger partial charge in [-0.15, -0.1) is 24.0 Å². The van der Waals surface area contributed by atoms with Gasteiger partial charge < -0.3 is 10.6 Å². The van der Waals surface area contributed by atoms with Gasteiger partial charge in [0.2, 0.25) is 0 Å². The maximum atomic E-state index is 11.3. The second-order valence-corrected chi connectivity index (χ2v) is 9.01. The molecule has 156 valence electrons. The number of nitrogens with one attached hydrogen (secondary N) is 2. The molecule has 0 fully saturated rings. The molecule has 8 nitrogen and oxygen atoms in total. The smallest absolute Gasteiger partial charge is 0.191 e. The Morgan fingerprint density at radius 3 is 2.54 bits per heavy atom. The van der Waals surface area contributed by atoms with Crippen molar-refractivity contribution in [3.05, 3.63) is 41.3 Å². The molecule has 2 aromatic heterocycles. The normalized spacial score (nSPS) is 13.0. The average molecular weight is 520 g/mol. The van der Waals surface area contributed by atoms with Crippen LogP contribution in [0.1, 0.15) is 30.3 Å². The van der Waals surface area contributed by atoms with Crippen LogP contribution in [0.2, 0.25) is 0 Å². The topological polar surface area (TPSA) is 101 Å². The first-order valence-corrected chi connectivity index (χ1v) is 10.9. The highest BCUT2D eigenvalue weighted by molar-refractivity contribution is 14.0. The van der Waals surface area contributed by atoms with Crippen LogP contribution in [0.3, 0.4) is 0 Å². The first-order chi connectivity index (χ1) is 12.7. The van der Waals surface area contributed by atoms with Gasteiger partial charge >= 0.3 is 0 Å². The lowest BCUT2D eigenvalue weighted by molar-refractivity contribution is 0.581. The maximum Gasteiger partial charge on any atom is 0.191 e. The van der Waals surface area contributed by atoms with Crippen LogP contribution in [0.4, 0.5) is 0 Å². The summed E-state index contributed by atoms with van der Waals surface area (Å²) in [5.41, 5.74) is 3.01. The van der Waals surface area contributed by atoms with Crippen molar-refractivity contribution in [1.29, 1.82) is 0 Å². The van der Waals surface area contributed by atoms with E-state index in [-0.39, 0.29) is 35.8 Å². The summed E-state index contributed by atoms with van der Waals surface area (Å²) in [6.45, 7) is 6.45. The Kier molecular flexibility index (Phi) is 9.34. The standard InChI is InChI=1S/C18H28N6O2S.HI/c1-13(8-9-27(5,25)26)22-18(19-4)21-12-16-6-7-17(20-11-16)24-15(3)10-14(2)23-24;/h6-7,10-11,13H,8-9,12H2,1-5H3,(H2,19,21,22);1H. The Morgan fingerprint density at radius 2 is 2.04 bits per heavy atom. The fourth-order valence-corrected chi connectivity index (χ4v) is 3.37. The van der Waals surface area contributed by atoms with E-state index in [2.05, 4.69) is 25.7 Å². The molecule has 0 aromatic carbocycles. The van der Waals surface area contributed by atoms with Crippen molar-refractivity contribution in [3.63, 3.8) is 0 Å². The molecule has 0 spiro atoms. The molecule has 0 saturated carbocycles. The van der Waals surface area contributed by atoms with Crippen LogP contribution >= 0.6 is 24.0 Å². The predicted octanol–water partition coefficient (Wildman–Crippen LogP) is 1.99. The summed E-state index contributed by atoms with van der Waals surface area (Å²) >= 11 is 0. The van der Waals surface area contributed by atoms with Gasteiger partial charge in [0.1, 0.15) is 9.84 Å². The number of sulfone groups is 1. The fraction of sp³-hybridized carbons (Fsp3) is 0.500. The van der Waals surface area contributed by atoms with Crippen molar-refractivity contribution in [1.82, 2.24) is 25.4 Å². The maximum absolute atomic E-state index is 11.3.